The van der Waals surface area contributed by atoms with Crippen LogP contribution in [-0.4, -0.2) is 11.5 Å². The number of aryl methyl sites for hydroxylation is 1. The largest absolute Gasteiger partial charge is 0.384 e. The lowest BCUT2D eigenvalue weighted by Crippen LogP contribution is -2.12. The van der Waals surface area contributed by atoms with Crippen LogP contribution in [0.3, 0.4) is 0 Å². The van der Waals surface area contributed by atoms with Crippen LogP contribution in [-0.2, 0) is 12.8 Å². The van der Waals surface area contributed by atoms with Gasteiger partial charge in [0.2, 0.25) is 0 Å². The second kappa shape index (κ2) is 6.13. The second-order valence-corrected chi connectivity index (χ2v) is 6.48. The molecule has 20 heavy (non-hydrogen) atoms. The summed E-state index contributed by atoms with van der Waals surface area (Å²) in [7, 11) is 0. The zero-order valence-corrected chi connectivity index (χ0v) is 13.6. The summed E-state index contributed by atoms with van der Waals surface area (Å²) in [5.41, 5.74) is 5.22. The number of unbranched alkanes of at least 4 members (excludes halogenated alkanes) is 1. The molecule has 1 N–H and O–H groups in total. The Morgan fingerprint density at radius 1 is 1.25 bits per heavy atom. The maximum atomic E-state index is 4.88. The van der Waals surface area contributed by atoms with Gasteiger partial charge in [0.15, 0.2) is 0 Å². The van der Waals surface area contributed by atoms with Crippen molar-refractivity contribution in [3.05, 3.63) is 33.9 Å². The molecule has 3 rings (SSSR count). The molecule has 0 unspecified atom stereocenters. The van der Waals surface area contributed by atoms with E-state index in [0.29, 0.717) is 0 Å². The van der Waals surface area contributed by atoms with Gasteiger partial charge in [0.1, 0.15) is 0 Å². The SMILES string of the molecule is CCCCNc1c2c(nc3ccc(Br)cc13)CCCC2. The van der Waals surface area contributed by atoms with Crippen molar-refractivity contribution in [1.29, 1.82) is 0 Å². The first kappa shape index (κ1) is 13.9. The zero-order valence-electron chi connectivity index (χ0n) is 12.0. The van der Waals surface area contributed by atoms with Crippen molar-refractivity contribution < 1.29 is 0 Å². The van der Waals surface area contributed by atoms with Gasteiger partial charge in [-0.15, -0.1) is 0 Å². The van der Waals surface area contributed by atoms with Crippen LogP contribution in [0.25, 0.3) is 10.9 Å². The van der Waals surface area contributed by atoms with Crippen LogP contribution in [0.2, 0.25) is 0 Å². The molecule has 0 aliphatic heterocycles. The Hall–Kier alpha value is -1.09. The van der Waals surface area contributed by atoms with E-state index in [2.05, 4.69) is 46.4 Å². The number of hydrogen-bond donors (Lipinski definition) is 1. The lowest BCUT2D eigenvalue weighted by atomic mass is 9.92. The monoisotopic (exact) mass is 332 g/mol. The molecule has 0 saturated heterocycles. The highest BCUT2D eigenvalue weighted by molar-refractivity contribution is 9.10. The minimum atomic E-state index is 1.05. The van der Waals surface area contributed by atoms with E-state index in [1.54, 1.807) is 0 Å². The van der Waals surface area contributed by atoms with E-state index in [0.717, 1.165) is 23.0 Å². The van der Waals surface area contributed by atoms with E-state index in [9.17, 15) is 0 Å². The fourth-order valence-electron chi connectivity index (χ4n) is 2.99. The third kappa shape index (κ3) is 2.69. The van der Waals surface area contributed by atoms with Crippen LogP contribution in [0.4, 0.5) is 5.69 Å². The maximum Gasteiger partial charge on any atom is 0.0727 e. The average molecular weight is 333 g/mol. The highest BCUT2D eigenvalue weighted by Gasteiger charge is 2.17. The Morgan fingerprint density at radius 2 is 2.10 bits per heavy atom. The number of nitrogens with one attached hydrogen (secondary N) is 1. The van der Waals surface area contributed by atoms with E-state index in [1.807, 2.05) is 0 Å². The predicted octanol–water partition coefficient (Wildman–Crippen LogP) is 5.09. The topological polar surface area (TPSA) is 24.9 Å². The van der Waals surface area contributed by atoms with E-state index in [4.69, 9.17) is 4.98 Å². The first-order valence-corrected chi connectivity index (χ1v) is 8.43. The zero-order chi connectivity index (χ0) is 13.9. The van der Waals surface area contributed by atoms with Gasteiger partial charge in [-0.25, -0.2) is 0 Å². The molecule has 0 radical (unpaired) electrons. The minimum absolute atomic E-state index is 1.05. The molecule has 1 heterocycles. The molecule has 106 valence electrons. The van der Waals surface area contributed by atoms with Crippen molar-refractivity contribution in [3.8, 4) is 0 Å². The highest BCUT2D eigenvalue weighted by atomic mass is 79.9. The third-order valence-corrected chi connectivity index (χ3v) is 4.55. The van der Waals surface area contributed by atoms with E-state index in [-0.39, 0.29) is 0 Å². The molecule has 0 atom stereocenters. The number of benzene rings is 1. The maximum absolute atomic E-state index is 4.88. The van der Waals surface area contributed by atoms with Gasteiger partial charge in [-0.05, 0) is 55.9 Å². The average Bonchev–Trinajstić information content (AvgIpc) is 2.47. The van der Waals surface area contributed by atoms with Crippen molar-refractivity contribution in [2.45, 2.75) is 45.4 Å². The summed E-state index contributed by atoms with van der Waals surface area (Å²) in [4.78, 5) is 4.88. The normalized spacial score (nSPS) is 14.3. The molecule has 1 aromatic heterocycles. The van der Waals surface area contributed by atoms with Gasteiger partial charge >= 0.3 is 0 Å². The lowest BCUT2D eigenvalue weighted by Gasteiger charge is -2.21. The summed E-state index contributed by atoms with van der Waals surface area (Å²) in [6.07, 6.45) is 7.30. The molecule has 2 nitrogen and oxygen atoms in total. The Morgan fingerprint density at radius 3 is 2.95 bits per heavy atom. The molecule has 0 fully saturated rings. The van der Waals surface area contributed by atoms with E-state index in [1.165, 1.54) is 54.4 Å². The molecular formula is C17H21BrN2. The molecule has 2 aromatic rings. The van der Waals surface area contributed by atoms with Crippen molar-refractivity contribution in [1.82, 2.24) is 4.98 Å². The fraction of sp³-hybridized carbons (Fsp3) is 0.471. The molecular weight excluding hydrogens is 312 g/mol. The Labute approximate surface area is 129 Å². The number of hydrogen-bond acceptors (Lipinski definition) is 2. The summed E-state index contributed by atoms with van der Waals surface area (Å²) < 4.78 is 1.13. The van der Waals surface area contributed by atoms with Crippen LogP contribution in [0, 0.1) is 0 Å². The lowest BCUT2D eigenvalue weighted by molar-refractivity contribution is 0.671. The highest BCUT2D eigenvalue weighted by Crippen LogP contribution is 2.34. The van der Waals surface area contributed by atoms with Crippen molar-refractivity contribution in [2.24, 2.45) is 0 Å². The quantitative estimate of drug-likeness (QED) is 0.789. The third-order valence-electron chi connectivity index (χ3n) is 4.06. The summed E-state index contributed by atoms with van der Waals surface area (Å²) in [6.45, 7) is 3.28. The standard InChI is InChI=1S/C17H21BrN2/c1-2-3-10-19-17-13-6-4-5-7-15(13)20-16-9-8-12(18)11-14(16)17/h8-9,11H,2-7,10H2,1H3,(H,19,20). The van der Waals surface area contributed by atoms with E-state index < -0.39 is 0 Å². The van der Waals surface area contributed by atoms with Crippen LogP contribution >= 0.6 is 15.9 Å². The smallest absolute Gasteiger partial charge is 0.0727 e. The van der Waals surface area contributed by atoms with Gasteiger partial charge in [-0.2, -0.15) is 0 Å². The van der Waals surface area contributed by atoms with Gasteiger partial charge in [0.25, 0.3) is 0 Å². The minimum Gasteiger partial charge on any atom is -0.384 e. The van der Waals surface area contributed by atoms with E-state index >= 15 is 0 Å². The van der Waals surface area contributed by atoms with Crippen LogP contribution in [0.5, 0.6) is 0 Å². The molecule has 1 aliphatic carbocycles. The van der Waals surface area contributed by atoms with Crippen molar-refractivity contribution in [2.75, 3.05) is 11.9 Å². The summed E-state index contributed by atoms with van der Waals surface area (Å²) in [5, 5.41) is 4.94. The Bertz CT molecular complexity index is 622. The number of nitrogens with zero attached hydrogens (tertiary/aromatic N) is 1. The molecule has 1 aliphatic rings. The van der Waals surface area contributed by atoms with Crippen LogP contribution < -0.4 is 5.32 Å². The van der Waals surface area contributed by atoms with Crippen molar-refractivity contribution >= 4 is 32.5 Å². The molecule has 0 amide bonds. The van der Waals surface area contributed by atoms with Gasteiger partial charge < -0.3 is 5.32 Å². The predicted molar refractivity (Wildman–Crippen MR) is 89.5 cm³/mol. The number of halogens is 1. The number of pyridine rings is 1. The number of rotatable bonds is 4. The molecule has 0 bridgehead atoms. The first-order chi connectivity index (χ1) is 9.79. The van der Waals surface area contributed by atoms with Gasteiger partial charge in [0, 0.05) is 27.8 Å². The summed E-state index contributed by atoms with van der Waals surface area (Å²) >= 11 is 3.59. The molecule has 0 spiro atoms. The molecule has 0 saturated carbocycles. The van der Waals surface area contributed by atoms with Gasteiger partial charge in [-0.3, -0.25) is 4.98 Å². The first-order valence-electron chi connectivity index (χ1n) is 7.64. The van der Waals surface area contributed by atoms with Crippen molar-refractivity contribution in [3.63, 3.8) is 0 Å². The van der Waals surface area contributed by atoms with Crippen LogP contribution in [0.15, 0.2) is 22.7 Å². The Balaban J connectivity index is 2.12. The number of aromatic nitrogens is 1. The van der Waals surface area contributed by atoms with Gasteiger partial charge in [0.05, 0.1) is 5.52 Å². The molecule has 3 heteroatoms. The number of fused-ring (bicyclic) bond motifs is 2. The summed E-state index contributed by atoms with van der Waals surface area (Å²) in [5.74, 6) is 0. The van der Waals surface area contributed by atoms with Gasteiger partial charge in [-0.1, -0.05) is 29.3 Å². The number of anilines is 1. The summed E-state index contributed by atoms with van der Waals surface area (Å²) in [6, 6.07) is 6.41. The second-order valence-electron chi connectivity index (χ2n) is 5.56. The molecule has 1 aromatic carbocycles. The fourth-order valence-corrected chi connectivity index (χ4v) is 3.35. The Kier molecular flexibility index (Phi) is 4.25. The van der Waals surface area contributed by atoms with Crippen LogP contribution in [0.1, 0.15) is 43.9 Å².